The number of hydrogen-bond donors (Lipinski definition) is 2. The largest absolute Gasteiger partial charge is 0.481 e. The molecule has 1 rings (SSSR count). The van der Waals surface area contributed by atoms with E-state index in [1.54, 1.807) is 11.8 Å². The van der Waals surface area contributed by atoms with Crippen molar-refractivity contribution in [1.29, 1.82) is 0 Å². The van der Waals surface area contributed by atoms with E-state index < -0.39 is 11.4 Å². The average molecular weight is 299 g/mol. The van der Waals surface area contributed by atoms with Crippen LogP contribution in [0.3, 0.4) is 0 Å². The van der Waals surface area contributed by atoms with E-state index in [1.807, 2.05) is 7.05 Å². The molecule has 0 aliphatic carbocycles. The molecule has 6 nitrogen and oxygen atoms in total. The fourth-order valence-electron chi connectivity index (χ4n) is 2.57. The molecule has 0 aromatic heterocycles. The molecular weight excluding hydrogens is 270 g/mol. The summed E-state index contributed by atoms with van der Waals surface area (Å²) in [5.74, 6) is -0.823. The first-order valence-corrected chi connectivity index (χ1v) is 7.76. The number of aliphatic carboxylic acids is 1. The zero-order valence-electron chi connectivity index (χ0n) is 13.7. The van der Waals surface area contributed by atoms with Crippen LogP contribution in [0, 0.1) is 5.41 Å². The van der Waals surface area contributed by atoms with Gasteiger partial charge in [0.05, 0.1) is 5.41 Å². The average Bonchev–Trinajstić information content (AvgIpc) is 2.45. The van der Waals surface area contributed by atoms with Gasteiger partial charge in [0.1, 0.15) is 0 Å². The number of carbonyl (C=O) groups is 2. The van der Waals surface area contributed by atoms with E-state index in [0.29, 0.717) is 25.6 Å². The highest BCUT2D eigenvalue weighted by Gasteiger charge is 2.39. The van der Waals surface area contributed by atoms with Crippen LogP contribution < -0.4 is 5.32 Å². The quantitative estimate of drug-likeness (QED) is 0.781. The minimum absolute atomic E-state index is 0.153. The maximum atomic E-state index is 12.1. The SMILES string of the molecule is CCC(C)N(C)CCNC(=O)N1CCCC(C)(C(=O)O)C1. The molecule has 1 heterocycles. The molecule has 1 aliphatic rings. The van der Waals surface area contributed by atoms with Crippen molar-refractivity contribution in [2.75, 3.05) is 33.2 Å². The van der Waals surface area contributed by atoms with E-state index in [4.69, 9.17) is 0 Å². The molecule has 2 unspecified atom stereocenters. The number of carbonyl (C=O) groups excluding carboxylic acids is 1. The van der Waals surface area contributed by atoms with Gasteiger partial charge >= 0.3 is 12.0 Å². The minimum atomic E-state index is -0.823. The number of amides is 2. The van der Waals surface area contributed by atoms with Gasteiger partial charge in [-0.25, -0.2) is 4.79 Å². The molecule has 0 saturated carbocycles. The Hall–Kier alpha value is -1.30. The lowest BCUT2D eigenvalue weighted by Gasteiger charge is -2.37. The third-order valence-electron chi connectivity index (χ3n) is 4.58. The van der Waals surface area contributed by atoms with Crippen molar-refractivity contribution < 1.29 is 14.7 Å². The van der Waals surface area contributed by atoms with Crippen LogP contribution in [0.4, 0.5) is 4.79 Å². The highest BCUT2D eigenvalue weighted by molar-refractivity contribution is 5.78. The van der Waals surface area contributed by atoms with E-state index in [0.717, 1.165) is 19.4 Å². The second-order valence-corrected chi connectivity index (χ2v) is 6.36. The van der Waals surface area contributed by atoms with Gasteiger partial charge in [-0.1, -0.05) is 6.92 Å². The number of nitrogens with one attached hydrogen (secondary N) is 1. The van der Waals surface area contributed by atoms with Gasteiger partial charge in [-0.15, -0.1) is 0 Å². The van der Waals surface area contributed by atoms with Gasteiger partial charge in [0, 0.05) is 32.2 Å². The van der Waals surface area contributed by atoms with Crippen molar-refractivity contribution in [2.24, 2.45) is 5.41 Å². The molecule has 2 atom stereocenters. The summed E-state index contributed by atoms with van der Waals surface area (Å²) in [7, 11) is 2.04. The van der Waals surface area contributed by atoms with Crippen LogP contribution in [0.25, 0.3) is 0 Å². The monoisotopic (exact) mass is 299 g/mol. The third-order valence-corrected chi connectivity index (χ3v) is 4.58. The maximum absolute atomic E-state index is 12.1. The maximum Gasteiger partial charge on any atom is 0.317 e. The lowest BCUT2D eigenvalue weighted by atomic mass is 9.82. The molecule has 1 saturated heterocycles. The Morgan fingerprint density at radius 3 is 2.71 bits per heavy atom. The molecule has 2 N–H and O–H groups in total. The summed E-state index contributed by atoms with van der Waals surface area (Å²) in [5.41, 5.74) is -0.816. The molecule has 122 valence electrons. The summed E-state index contributed by atoms with van der Waals surface area (Å²) >= 11 is 0. The summed E-state index contributed by atoms with van der Waals surface area (Å²) in [6.45, 7) is 8.31. The van der Waals surface area contributed by atoms with Crippen molar-refractivity contribution in [3.8, 4) is 0 Å². The van der Waals surface area contributed by atoms with E-state index in [9.17, 15) is 14.7 Å². The Balaban J connectivity index is 2.40. The molecule has 0 radical (unpaired) electrons. The van der Waals surface area contributed by atoms with E-state index >= 15 is 0 Å². The number of likely N-dealkylation sites (tertiary alicyclic amines) is 1. The zero-order chi connectivity index (χ0) is 16.0. The minimum Gasteiger partial charge on any atom is -0.481 e. The van der Waals surface area contributed by atoms with Gasteiger partial charge in [0.15, 0.2) is 0 Å². The number of urea groups is 1. The summed E-state index contributed by atoms with van der Waals surface area (Å²) in [5, 5.41) is 12.2. The number of piperidine rings is 1. The molecule has 2 amide bonds. The topological polar surface area (TPSA) is 72.9 Å². The number of nitrogens with zero attached hydrogens (tertiary/aromatic N) is 2. The zero-order valence-corrected chi connectivity index (χ0v) is 13.7. The van der Waals surface area contributed by atoms with Crippen LogP contribution in [-0.4, -0.2) is 66.2 Å². The molecule has 0 bridgehead atoms. The van der Waals surface area contributed by atoms with Crippen LogP contribution >= 0.6 is 0 Å². The number of carboxylic acid groups (broad SMARTS) is 1. The Kier molecular flexibility index (Phi) is 6.45. The molecule has 21 heavy (non-hydrogen) atoms. The van der Waals surface area contributed by atoms with Crippen molar-refractivity contribution in [3.63, 3.8) is 0 Å². The van der Waals surface area contributed by atoms with Gasteiger partial charge in [-0.05, 0) is 40.2 Å². The fourth-order valence-corrected chi connectivity index (χ4v) is 2.57. The van der Waals surface area contributed by atoms with Crippen LogP contribution in [0.2, 0.25) is 0 Å². The highest BCUT2D eigenvalue weighted by Crippen LogP contribution is 2.29. The highest BCUT2D eigenvalue weighted by atomic mass is 16.4. The standard InChI is InChI=1S/C15H29N3O3/c1-5-12(2)17(4)10-8-16-14(21)18-9-6-7-15(3,11-18)13(19)20/h12H,5-11H2,1-4H3,(H,16,21)(H,19,20). The van der Waals surface area contributed by atoms with Gasteiger partial charge in [-0.2, -0.15) is 0 Å². The number of carboxylic acids is 1. The van der Waals surface area contributed by atoms with Crippen LogP contribution in [0.5, 0.6) is 0 Å². The lowest BCUT2D eigenvalue weighted by molar-refractivity contribution is -0.150. The molecule has 0 aromatic carbocycles. The van der Waals surface area contributed by atoms with Crippen molar-refractivity contribution in [3.05, 3.63) is 0 Å². The fraction of sp³-hybridized carbons (Fsp3) is 0.867. The summed E-state index contributed by atoms with van der Waals surface area (Å²) in [6.07, 6.45) is 2.44. The van der Waals surface area contributed by atoms with Crippen LogP contribution in [-0.2, 0) is 4.79 Å². The van der Waals surface area contributed by atoms with Crippen LogP contribution in [0.1, 0.15) is 40.0 Å². The smallest absolute Gasteiger partial charge is 0.317 e. The summed E-state index contributed by atoms with van der Waals surface area (Å²) < 4.78 is 0. The number of rotatable bonds is 6. The predicted molar refractivity (Wildman–Crippen MR) is 82.3 cm³/mol. The van der Waals surface area contributed by atoms with Crippen molar-refractivity contribution in [1.82, 2.24) is 15.1 Å². The van der Waals surface area contributed by atoms with E-state index in [1.165, 1.54) is 0 Å². The van der Waals surface area contributed by atoms with Gasteiger partial charge in [0.25, 0.3) is 0 Å². The normalized spacial score (nSPS) is 24.0. The van der Waals surface area contributed by atoms with Gasteiger partial charge < -0.3 is 20.2 Å². The molecule has 1 fully saturated rings. The first-order chi connectivity index (χ1) is 9.80. The van der Waals surface area contributed by atoms with E-state index in [2.05, 4.69) is 24.1 Å². The van der Waals surface area contributed by atoms with Gasteiger partial charge in [-0.3, -0.25) is 4.79 Å². The molecule has 6 heteroatoms. The third kappa shape index (κ3) is 4.88. The predicted octanol–water partition coefficient (Wildman–Crippen LogP) is 1.61. The van der Waals surface area contributed by atoms with Crippen LogP contribution in [0.15, 0.2) is 0 Å². The molecule has 0 aromatic rings. The van der Waals surface area contributed by atoms with Crippen molar-refractivity contribution in [2.45, 2.75) is 46.1 Å². The molecular formula is C15H29N3O3. The first kappa shape index (κ1) is 17.8. The van der Waals surface area contributed by atoms with Gasteiger partial charge in [0.2, 0.25) is 0 Å². The summed E-state index contributed by atoms with van der Waals surface area (Å²) in [6, 6.07) is 0.340. The first-order valence-electron chi connectivity index (χ1n) is 7.76. The number of likely N-dealkylation sites (N-methyl/N-ethyl adjacent to an activating group) is 1. The number of hydrogen-bond acceptors (Lipinski definition) is 3. The van der Waals surface area contributed by atoms with Crippen molar-refractivity contribution >= 4 is 12.0 Å². The Morgan fingerprint density at radius 1 is 1.48 bits per heavy atom. The second-order valence-electron chi connectivity index (χ2n) is 6.36. The van der Waals surface area contributed by atoms with E-state index in [-0.39, 0.29) is 12.6 Å². The second kappa shape index (κ2) is 7.64. The summed E-state index contributed by atoms with van der Waals surface area (Å²) in [4.78, 5) is 27.3. The Bertz CT molecular complexity index is 375. The molecule has 1 aliphatic heterocycles. The lowest BCUT2D eigenvalue weighted by Crippen LogP contribution is -2.52. The Labute approximate surface area is 127 Å². The molecule has 0 spiro atoms. The Morgan fingerprint density at radius 2 is 2.14 bits per heavy atom.